The minimum atomic E-state index is -0.524. The van der Waals surface area contributed by atoms with Crippen molar-refractivity contribution in [2.45, 2.75) is 39.2 Å². The molecule has 0 aliphatic carbocycles. The Morgan fingerprint density at radius 1 is 1.38 bits per heavy atom. The number of aliphatic hydroxyl groups excluding tert-OH is 1. The number of aliphatic hydroxyl groups is 1. The molecule has 1 saturated heterocycles. The average Bonchev–Trinajstić information content (AvgIpc) is 2.48. The van der Waals surface area contributed by atoms with Crippen LogP contribution in [0.2, 0.25) is 5.02 Å². The van der Waals surface area contributed by atoms with Gasteiger partial charge in [0.1, 0.15) is 5.75 Å². The predicted octanol–water partition coefficient (Wildman–Crippen LogP) is 3.89. The van der Waals surface area contributed by atoms with E-state index < -0.39 is 6.10 Å². The Morgan fingerprint density at radius 3 is 2.76 bits per heavy atom. The van der Waals surface area contributed by atoms with Crippen LogP contribution in [0.25, 0.3) is 0 Å². The Morgan fingerprint density at radius 2 is 2.10 bits per heavy atom. The first-order chi connectivity index (χ1) is 10.1. The summed E-state index contributed by atoms with van der Waals surface area (Å²) in [4.78, 5) is 2.44. The minimum Gasteiger partial charge on any atom is -0.493 e. The van der Waals surface area contributed by atoms with Crippen LogP contribution in [0.1, 0.15) is 44.8 Å². The maximum absolute atomic E-state index is 10.5. The Hall–Kier alpha value is -0.770. The number of hydrogen-bond donors (Lipinski definition) is 1. The molecule has 2 rings (SSSR count). The van der Waals surface area contributed by atoms with E-state index in [2.05, 4.69) is 11.8 Å². The Kier molecular flexibility index (Phi) is 6.34. The third kappa shape index (κ3) is 4.87. The zero-order valence-electron chi connectivity index (χ0n) is 13.0. The number of nitrogens with zero attached hydrogens (tertiary/aromatic N) is 1. The van der Waals surface area contributed by atoms with Crippen LogP contribution in [-0.2, 0) is 0 Å². The molecule has 3 nitrogen and oxygen atoms in total. The summed E-state index contributed by atoms with van der Waals surface area (Å²) in [6.45, 7) is 8.05. The van der Waals surface area contributed by atoms with Crippen LogP contribution in [0, 0.1) is 5.92 Å². The highest BCUT2D eigenvalue weighted by molar-refractivity contribution is 6.30. The molecule has 118 valence electrons. The molecule has 1 heterocycles. The van der Waals surface area contributed by atoms with Crippen molar-refractivity contribution in [2.75, 3.05) is 26.2 Å². The molecule has 1 N–H and O–H groups in total. The molecule has 21 heavy (non-hydrogen) atoms. The lowest BCUT2D eigenvalue weighted by atomic mass is 9.98. The molecule has 0 saturated carbocycles. The summed E-state index contributed by atoms with van der Waals surface area (Å²) >= 11 is 6.05. The van der Waals surface area contributed by atoms with Gasteiger partial charge in [0.25, 0.3) is 0 Å². The van der Waals surface area contributed by atoms with E-state index in [4.69, 9.17) is 16.3 Å². The second kappa shape index (κ2) is 8.02. The van der Waals surface area contributed by atoms with Gasteiger partial charge in [0.15, 0.2) is 0 Å². The van der Waals surface area contributed by atoms with Crippen LogP contribution in [0.3, 0.4) is 0 Å². The first kappa shape index (κ1) is 16.6. The largest absolute Gasteiger partial charge is 0.493 e. The van der Waals surface area contributed by atoms with Gasteiger partial charge in [0, 0.05) is 17.1 Å². The maximum atomic E-state index is 10.5. The van der Waals surface area contributed by atoms with Gasteiger partial charge >= 0.3 is 0 Å². The van der Waals surface area contributed by atoms with Crippen molar-refractivity contribution in [3.63, 3.8) is 0 Å². The fourth-order valence-corrected chi connectivity index (χ4v) is 2.99. The number of rotatable bonds is 6. The van der Waals surface area contributed by atoms with Gasteiger partial charge in [0.05, 0.1) is 12.7 Å². The molecule has 1 fully saturated rings. The van der Waals surface area contributed by atoms with Gasteiger partial charge in [-0.2, -0.15) is 0 Å². The van der Waals surface area contributed by atoms with Crippen molar-refractivity contribution < 1.29 is 9.84 Å². The molecule has 1 aliphatic heterocycles. The summed E-state index contributed by atoms with van der Waals surface area (Å²) in [5.41, 5.74) is 0.801. The zero-order valence-corrected chi connectivity index (χ0v) is 13.8. The van der Waals surface area contributed by atoms with Gasteiger partial charge < -0.3 is 14.7 Å². The lowest BCUT2D eigenvalue weighted by Gasteiger charge is -2.30. The quantitative estimate of drug-likeness (QED) is 0.865. The summed E-state index contributed by atoms with van der Waals surface area (Å²) in [6.07, 6.45) is 2.72. The SMILES string of the molecule is CCOc1ccc(Cl)cc1C(O)CCN1CCC(C)CC1. The second-order valence-corrected chi connectivity index (χ2v) is 6.38. The zero-order chi connectivity index (χ0) is 15.2. The average molecular weight is 312 g/mol. The van der Waals surface area contributed by atoms with Crippen LogP contribution in [0.15, 0.2) is 18.2 Å². The summed E-state index contributed by atoms with van der Waals surface area (Å²) in [6, 6.07) is 5.46. The third-order valence-electron chi connectivity index (χ3n) is 4.23. The van der Waals surface area contributed by atoms with E-state index in [1.807, 2.05) is 19.1 Å². The van der Waals surface area contributed by atoms with Crippen LogP contribution in [0.5, 0.6) is 5.75 Å². The van der Waals surface area contributed by atoms with E-state index in [1.54, 1.807) is 6.07 Å². The number of hydrogen-bond acceptors (Lipinski definition) is 3. The van der Waals surface area contributed by atoms with Gasteiger partial charge in [-0.1, -0.05) is 18.5 Å². The summed E-state index contributed by atoms with van der Waals surface area (Å²) < 4.78 is 5.59. The number of ether oxygens (including phenoxy) is 1. The summed E-state index contributed by atoms with van der Waals surface area (Å²) in [5, 5.41) is 11.1. The van der Waals surface area contributed by atoms with Crippen molar-refractivity contribution >= 4 is 11.6 Å². The van der Waals surface area contributed by atoms with Crippen molar-refractivity contribution in [2.24, 2.45) is 5.92 Å². The minimum absolute atomic E-state index is 0.524. The van der Waals surface area contributed by atoms with Crippen LogP contribution >= 0.6 is 11.6 Å². The van der Waals surface area contributed by atoms with Gasteiger partial charge in [-0.05, 0) is 63.4 Å². The number of piperidine rings is 1. The molecule has 0 radical (unpaired) electrons. The number of benzene rings is 1. The highest BCUT2D eigenvalue weighted by atomic mass is 35.5. The van der Waals surface area contributed by atoms with Crippen LogP contribution in [-0.4, -0.2) is 36.2 Å². The fraction of sp³-hybridized carbons (Fsp3) is 0.647. The first-order valence-electron chi connectivity index (χ1n) is 7.92. The molecule has 0 amide bonds. The number of halogens is 1. The predicted molar refractivity (Wildman–Crippen MR) is 87.0 cm³/mol. The molecule has 1 unspecified atom stereocenters. The van der Waals surface area contributed by atoms with Gasteiger partial charge in [-0.25, -0.2) is 0 Å². The molecule has 1 atom stereocenters. The topological polar surface area (TPSA) is 32.7 Å². The molecule has 4 heteroatoms. The normalized spacial score (nSPS) is 18.7. The Bertz CT molecular complexity index is 444. The molecular formula is C17H26ClNO2. The second-order valence-electron chi connectivity index (χ2n) is 5.94. The van der Waals surface area contributed by atoms with Crippen molar-refractivity contribution in [3.05, 3.63) is 28.8 Å². The van der Waals surface area contributed by atoms with E-state index in [1.165, 1.54) is 12.8 Å². The highest BCUT2D eigenvalue weighted by Crippen LogP contribution is 2.30. The Balaban J connectivity index is 1.93. The van der Waals surface area contributed by atoms with Crippen LogP contribution < -0.4 is 4.74 Å². The number of likely N-dealkylation sites (tertiary alicyclic amines) is 1. The maximum Gasteiger partial charge on any atom is 0.125 e. The van der Waals surface area contributed by atoms with E-state index in [0.29, 0.717) is 11.6 Å². The van der Waals surface area contributed by atoms with Crippen LogP contribution in [0.4, 0.5) is 0 Å². The standard InChI is InChI=1S/C17H26ClNO2/c1-3-21-17-5-4-14(18)12-15(17)16(20)8-11-19-9-6-13(2)7-10-19/h4-5,12-13,16,20H,3,6-11H2,1-2H3. The molecule has 1 aromatic carbocycles. The van der Waals surface area contributed by atoms with E-state index in [-0.39, 0.29) is 0 Å². The van der Waals surface area contributed by atoms with E-state index >= 15 is 0 Å². The van der Waals surface area contributed by atoms with Crippen molar-refractivity contribution in [1.29, 1.82) is 0 Å². The van der Waals surface area contributed by atoms with Gasteiger partial charge in [-0.3, -0.25) is 0 Å². The fourth-order valence-electron chi connectivity index (χ4n) is 2.81. The van der Waals surface area contributed by atoms with Gasteiger partial charge in [-0.15, -0.1) is 0 Å². The summed E-state index contributed by atoms with van der Waals surface area (Å²) in [5.74, 6) is 1.57. The van der Waals surface area contributed by atoms with Crippen molar-refractivity contribution in [1.82, 2.24) is 4.90 Å². The first-order valence-corrected chi connectivity index (χ1v) is 8.30. The Labute approximate surface area is 132 Å². The van der Waals surface area contributed by atoms with E-state index in [0.717, 1.165) is 43.3 Å². The molecule has 0 spiro atoms. The van der Waals surface area contributed by atoms with E-state index in [9.17, 15) is 5.11 Å². The third-order valence-corrected chi connectivity index (χ3v) is 4.46. The molecule has 0 bridgehead atoms. The molecule has 1 aliphatic rings. The smallest absolute Gasteiger partial charge is 0.125 e. The lowest BCUT2D eigenvalue weighted by Crippen LogP contribution is -2.34. The molecule has 0 aromatic heterocycles. The molecular weight excluding hydrogens is 286 g/mol. The monoisotopic (exact) mass is 311 g/mol. The van der Waals surface area contributed by atoms with Gasteiger partial charge in [0.2, 0.25) is 0 Å². The lowest BCUT2D eigenvalue weighted by molar-refractivity contribution is 0.123. The van der Waals surface area contributed by atoms with Crippen molar-refractivity contribution in [3.8, 4) is 5.75 Å². The highest BCUT2D eigenvalue weighted by Gasteiger charge is 2.19. The summed E-state index contributed by atoms with van der Waals surface area (Å²) in [7, 11) is 0. The molecule has 1 aromatic rings.